The van der Waals surface area contributed by atoms with Gasteiger partial charge in [0.2, 0.25) is 0 Å². The number of carbonyl (C=O) groups is 2. The van der Waals surface area contributed by atoms with Crippen LogP contribution in [0.15, 0.2) is 60.8 Å². The van der Waals surface area contributed by atoms with Crippen LogP contribution >= 0.6 is 7.82 Å². The summed E-state index contributed by atoms with van der Waals surface area (Å²) in [6.07, 6.45) is 42.6. The van der Waals surface area contributed by atoms with Crippen LogP contribution in [0.2, 0.25) is 0 Å². The first-order valence-electron chi connectivity index (χ1n) is 21.0. The summed E-state index contributed by atoms with van der Waals surface area (Å²) in [4.78, 5) is 37.4. The number of hydrogen-bond donors (Lipinski definition) is 0. The van der Waals surface area contributed by atoms with Gasteiger partial charge in [-0.3, -0.25) is 14.2 Å². The van der Waals surface area contributed by atoms with Crippen LogP contribution in [0.25, 0.3) is 0 Å². The first-order chi connectivity index (χ1) is 26.0. The molecule has 10 heteroatoms. The van der Waals surface area contributed by atoms with Gasteiger partial charge in [-0.1, -0.05) is 152 Å². The second-order valence-corrected chi connectivity index (χ2v) is 16.4. The van der Waals surface area contributed by atoms with E-state index in [0.29, 0.717) is 23.9 Å². The summed E-state index contributed by atoms with van der Waals surface area (Å²) in [7, 11) is 1.12. The van der Waals surface area contributed by atoms with Gasteiger partial charge in [-0.15, -0.1) is 0 Å². The Kier molecular flexibility index (Phi) is 34.8. The molecule has 0 N–H and O–H groups in total. The van der Waals surface area contributed by atoms with E-state index < -0.39 is 32.5 Å². The van der Waals surface area contributed by atoms with E-state index in [4.69, 9.17) is 18.5 Å². The molecule has 54 heavy (non-hydrogen) atoms. The van der Waals surface area contributed by atoms with Crippen LogP contribution in [0.3, 0.4) is 0 Å². The molecule has 0 aromatic rings. The predicted molar refractivity (Wildman–Crippen MR) is 222 cm³/mol. The molecule has 312 valence electrons. The molecule has 0 fully saturated rings. The van der Waals surface area contributed by atoms with Gasteiger partial charge in [0, 0.05) is 12.8 Å². The number of likely N-dealkylation sites (N-methyl/N-ethyl adjacent to an activating group) is 1. The lowest BCUT2D eigenvalue weighted by molar-refractivity contribution is -0.870. The van der Waals surface area contributed by atoms with E-state index in [1.807, 2.05) is 33.3 Å². The molecule has 0 aliphatic heterocycles. The van der Waals surface area contributed by atoms with Crippen molar-refractivity contribution in [1.29, 1.82) is 0 Å². The molecule has 0 bridgehead atoms. The highest BCUT2D eigenvalue weighted by molar-refractivity contribution is 7.45. The van der Waals surface area contributed by atoms with Crippen molar-refractivity contribution < 1.29 is 42.1 Å². The number of phosphoric ester groups is 1. The standard InChI is InChI=1S/C44H78NO8P/c1-6-8-10-12-14-16-18-19-20-21-22-23-24-25-27-28-30-32-34-36-43(46)50-40-42(41-52-54(48,49)51-39-38-45(3,4)5)53-44(47)37-35-33-31-29-26-17-15-13-11-9-7-2/h14,16,19-20,22-23,25,27,30,32,42H,6-13,15,17-18,21,24,26,28-29,31,33-41H2,1-5H3/b16-14-,20-19-,23-22-,27-25-,32-30-/t42-/m1/s1. The van der Waals surface area contributed by atoms with E-state index in [2.05, 4.69) is 62.5 Å². The van der Waals surface area contributed by atoms with Crippen LogP contribution in [0.5, 0.6) is 0 Å². The SMILES string of the molecule is CCCCC/C=C\C/C=C\C/C=C\C/C=C\C/C=C\CCC(=O)OC[C@H](COP(=O)([O-])OCC[N+](C)(C)C)OC(=O)CCCCCCCCCCCCC. The minimum Gasteiger partial charge on any atom is -0.756 e. The fraction of sp³-hybridized carbons (Fsp3) is 0.727. The smallest absolute Gasteiger partial charge is 0.306 e. The second-order valence-electron chi connectivity index (χ2n) is 15.0. The maximum absolute atomic E-state index is 12.6. The first kappa shape index (κ1) is 51.7. The number of esters is 2. The lowest BCUT2D eigenvalue weighted by Gasteiger charge is -2.28. The van der Waals surface area contributed by atoms with E-state index >= 15 is 0 Å². The number of hydrogen-bond acceptors (Lipinski definition) is 8. The molecule has 0 saturated heterocycles. The highest BCUT2D eigenvalue weighted by Crippen LogP contribution is 2.38. The molecule has 0 aliphatic rings. The Morgan fingerprint density at radius 1 is 0.574 bits per heavy atom. The zero-order valence-electron chi connectivity index (χ0n) is 34.9. The fourth-order valence-electron chi connectivity index (χ4n) is 5.22. The zero-order valence-corrected chi connectivity index (χ0v) is 35.8. The summed E-state index contributed by atoms with van der Waals surface area (Å²) >= 11 is 0. The molecular formula is C44H78NO8P. The molecule has 9 nitrogen and oxygen atoms in total. The van der Waals surface area contributed by atoms with E-state index in [1.165, 1.54) is 70.6 Å². The molecule has 0 heterocycles. The number of carbonyl (C=O) groups excluding carboxylic acids is 2. The van der Waals surface area contributed by atoms with Gasteiger partial charge in [0.15, 0.2) is 6.10 Å². The summed E-state index contributed by atoms with van der Waals surface area (Å²) in [6.45, 7) is 4.08. The average molecular weight is 780 g/mol. The predicted octanol–water partition coefficient (Wildman–Crippen LogP) is 11.1. The first-order valence-corrected chi connectivity index (χ1v) is 22.5. The summed E-state index contributed by atoms with van der Waals surface area (Å²) in [5.41, 5.74) is 0. The highest BCUT2D eigenvalue weighted by Gasteiger charge is 2.21. The number of allylic oxidation sites excluding steroid dienone is 10. The van der Waals surface area contributed by atoms with Crippen molar-refractivity contribution in [1.82, 2.24) is 0 Å². The largest absolute Gasteiger partial charge is 0.756 e. The molecule has 1 unspecified atom stereocenters. The molecule has 0 spiro atoms. The molecule has 0 saturated carbocycles. The van der Waals surface area contributed by atoms with Gasteiger partial charge in [0.1, 0.15) is 19.8 Å². The maximum Gasteiger partial charge on any atom is 0.306 e. The maximum atomic E-state index is 12.6. The fourth-order valence-corrected chi connectivity index (χ4v) is 5.95. The average Bonchev–Trinajstić information content (AvgIpc) is 3.12. The molecule has 0 rings (SSSR count). The van der Waals surface area contributed by atoms with Crippen LogP contribution < -0.4 is 4.89 Å². The number of unbranched alkanes of at least 4 members (excludes halogenated alkanes) is 13. The van der Waals surface area contributed by atoms with Gasteiger partial charge < -0.3 is 27.9 Å². The molecule has 2 atom stereocenters. The third-order valence-corrected chi connectivity index (χ3v) is 9.52. The van der Waals surface area contributed by atoms with Crippen molar-refractivity contribution in [2.45, 2.75) is 161 Å². The molecule has 0 aromatic carbocycles. The van der Waals surface area contributed by atoms with Crippen LogP contribution in [0.4, 0.5) is 0 Å². The third kappa shape index (κ3) is 39.4. The van der Waals surface area contributed by atoms with Crippen LogP contribution in [-0.4, -0.2) is 70.0 Å². The van der Waals surface area contributed by atoms with Gasteiger partial charge in [-0.05, 0) is 51.4 Å². The van der Waals surface area contributed by atoms with Crippen LogP contribution in [-0.2, 0) is 32.7 Å². The van der Waals surface area contributed by atoms with E-state index in [0.717, 1.165) is 44.9 Å². The van der Waals surface area contributed by atoms with Crippen molar-refractivity contribution in [2.24, 2.45) is 0 Å². The summed E-state index contributed by atoms with van der Waals surface area (Å²) in [6, 6.07) is 0. The lowest BCUT2D eigenvalue weighted by Crippen LogP contribution is -2.37. The monoisotopic (exact) mass is 780 g/mol. The Bertz CT molecular complexity index is 1110. The molecule has 0 aromatic heterocycles. The van der Waals surface area contributed by atoms with E-state index in [-0.39, 0.29) is 26.1 Å². The highest BCUT2D eigenvalue weighted by atomic mass is 31.2. The van der Waals surface area contributed by atoms with Crippen molar-refractivity contribution >= 4 is 19.8 Å². The molecular weight excluding hydrogens is 701 g/mol. The minimum absolute atomic E-state index is 0.0431. The van der Waals surface area contributed by atoms with E-state index in [9.17, 15) is 19.0 Å². The number of rotatable bonds is 37. The number of nitrogens with zero attached hydrogens (tertiary/aromatic N) is 1. The number of ether oxygens (including phenoxy) is 2. The summed E-state index contributed by atoms with van der Waals surface area (Å²) in [5.74, 6) is -0.935. The van der Waals surface area contributed by atoms with Crippen molar-refractivity contribution in [3.8, 4) is 0 Å². The Hall–Kier alpha value is -2.29. The third-order valence-electron chi connectivity index (χ3n) is 8.55. The zero-order chi connectivity index (χ0) is 40.0. The minimum atomic E-state index is -4.64. The van der Waals surface area contributed by atoms with Gasteiger partial charge in [0.05, 0.1) is 27.7 Å². The van der Waals surface area contributed by atoms with Crippen molar-refractivity contribution in [2.75, 3.05) is 47.5 Å². The second kappa shape index (κ2) is 36.4. The van der Waals surface area contributed by atoms with Gasteiger partial charge in [-0.25, -0.2) is 0 Å². The van der Waals surface area contributed by atoms with Crippen molar-refractivity contribution in [3.63, 3.8) is 0 Å². The molecule has 0 amide bonds. The molecule has 0 radical (unpaired) electrons. The van der Waals surface area contributed by atoms with Gasteiger partial charge in [-0.2, -0.15) is 0 Å². The number of phosphoric acid groups is 1. The van der Waals surface area contributed by atoms with Crippen molar-refractivity contribution in [3.05, 3.63) is 60.8 Å². The Labute approximate surface area is 330 Å². The summed E-state index contributed by atoms with van der Waals surface area (Å²) < 4.78 is 33.7. The van der Waals surface area contributed by atoms with Gasteiger partial charge in [0.25, 0.3) is 7.82 Å². The Morgan fingerprint density at radius 3 is 1.56 bits per heavy atom. The topological polar surface area (TPSA) is 111 Å². The van der Waals surface area contributed by atoms with Gasteiger partial charge >= 0.3 is 11.9 Å². The quantitative estimate of drug-likeness (QED) is 0.0201. The lowest BCUT2D eigenvalue weighted by atomic mass is 10.1. The Balaban J connectivity index is 4.49. The van der Waals surface area contributed by atoms with Crippen LogP contribution in [0.1, 0.15) is 155 Å². The van der Waals surface area contributed by atoms with Crippen LogP contribution in [0, 0.1) is 0 Å². The van der Waals surface area contributed by atoms with E-state index in [1.54, 1.807) is 0 Å². The molecule has 0 aliphatic carbocycles. The Morgan fingerprint density at radius 2 is 1.04 bits per heavy atom. The number of quaternary nitrogens is 1. The normalized spacial score (nSPS) is 14.3. The summed E-state index contributed by atoms with van der Waals surface area (Å²) in [5, 5.41) is 0.